The van der Waals surface area contributed by atoms with Crippen molar-refractivity contribution < 1.29 is 23.8 Å². The third-order valence-corrected chi connectivity index (χ3v) is 3.80. The SMILES string of the molecule is CCOC(=O)CC(=O)N1CCC[C@H]1COc1ccccc1OC. The number of hydrogen-bond acceptors (Lipinski definition) is 5. The average Bonchev–Trinajstić information content (AvgIpc) is 3.02. The number of ether oxygens (including phenoxy) is 3. The Labute approximate surface area is 136 Å². The minimum atomic E-state index is -0.478. The number of likely N-dealkylation sites (tertiary alicyclic amines) is 1. The molecule has 0 aliphatic carbocycles. The molecule has 1 heterocycles. The van der Waals surface area contributed by atoms with Gasteiger partial charge < -0.3 is 19.1 Å². The molecule has 0 spiro atoms. The van der Waals surface area contributed by atoms with Gasteiger partial charge in [-0.15, -0.1) is 0 Å². The summed E-state index contributed by atoms with van der Waals surface area (Å²) in [5, 5.41) is 0. The number of rotatable bonds is 7. The van der Waals surface area contributed by atoms with E-state index in [0.717, 1.165) is 12.8 Å². The summed E-state index contributed by atoms with van der Waals surface area (Å²) in [6, 6.07) is 7.38. The number of esters is 1. The van der Waals surface area contributed by atoms with E-state index in [9.17, 15) is 9.59 Å². The van der Waals surface area contributed by atoms with Gasteiger partial charge in [-0.2, -0.15) is 0 Å². The van der Waals surface area contributed by atoms with Gasteiger partial charge in [-0.1, -0.05) is 12.1 Å². The predicted octanol–water partition coefficient (Wildman–Crippen LogP) is 2.02. The zero-order valence-electron chi connectivity index (χ0n) is 13.6. The van der Waals surface area contributed by atoms with Crippen molar-refractivity contribution in [3.63, 3.8) is 0 Å². The Kier molecular flexibility index (Phi) is 6.26. The Morgan fingerprint density at radius 1 is 1.26 bits per heavy atom. The lowest BCUT2D eigenvalue weighted by molar-refractivity contribution is -0.149. The van der Waals surface area contributed by atoms with Crippen molar-refractivity contribution >= 4 is 11.9 Å². The maximum Gasteiger partial charge on any atom is 0.315 e. The van der Waals surface area contributed by atoms with Crippen molar-refractivity contribution in [1.82, 2.24) is 4.90 Å². The van der Waals surface area contributed by atoms with E-state index in [1.54, 1.807) is 18.9 Å². The van der Waals surface area contributed by atoms with Crippen LogP contribution >= 0.6 is 0 Å². The molecule has 0 saturated carbocycles. The Balaban J connectivity index is 1.91. The molecule has 1 amide bonds. The van der Waals surface area contributed by atoms with E-state index >= 15 is 0 Å². The highest BCUT2D eigenvalue weighted by atomic mass is 16.5. The highest BCUT2D eigenvalue weighted by Crippen LogP contribution is 2.27. The van der Waals surface area contributed by atoms with Crippen LogP contribution in [0.15, 0.2) is 24.3 Å². The Morgan fingerprint density at radius 3 is 2.70 bits per heavy atom. The van der Waals surface area contributed by atoms with Crippen LogP contribution in [0.2, 0.25) is 0 Å². The Morgan fingerprint density at radius 2 is 2.00 bits per heavy atom. The van der Waals surface area contributed by atoms with E-state index < -0.39 is 5.97 Å². The van der Waals surface area contributed by atoms with Crippen LogP contribution in [0.25, 0.3) is 0 Å². The molecule has 0 bridgehead atoms. The van der Waals surface area contributed by atoms with Gasteiger partial charge in [0, 0.05) is 6.54 Å². The average molecular weight is 321 g/mol. The smallest absolute Gasteiger partial charge is 0.315 e. The van der Waals surface area contributed by atoms with Gasteiger partial charge in [0.25, 0.3) is 0 Å². The quantitative estimate of drug-likeness (QED) is 0.568. The summed E-state index contributed by atoms with van der Waals surface area (Å²) in [6.07, 6.45) is 1.57. The van der Waals surface area contributed by atoms with Crippen LogP contribution in [0.4, 0.5) is 0 Å². The molecule has 2 rings (SSSR count). The molecule has 1 saturated heterocycles. The fourth-order valence-corrected chi connectivity index (χ4v) is 2.70. The highest BCUT2D eigenvalue weighted by molar-refractivity contribution is 5.94. The van der Waals surface area contributed by atoms with Crippen molar-refractivity contribution in [3.8, 4) is 11.5 Å². The number of para-hydroxylation sites is 2. The van der Waals surface area contributed by atoms with Crippen LogP contribution in [-0.2, 0) is 14.3 Å². The van der Waals surface area contributed by atoms with Gasteiger partial charge >= 0.3 is 5.97 Å². The molecule has 23 heavy (non-hydrogen) atoms. The number of amides is 1. The first-order valence-corrected chi connectivity index (χ1v) is 7.86. The summed E-state index contributed by atoms with van der Waals surface area (Å²) in [6.45, 7) is 3.04. The molecule has 126 valence electrons. The predicted molar refractivity (Wildman–Crippen MR) is 84.5 cm³/mol. The molecular weight excluding hydrogens is 298 g/mol. The number of methoxy groups -OCH3 is 1. The van der Waals surface area contributed by atoms with Crippen molar-refractivity contribution in [1.29, 1.82) is 0 Å². The fraction of sp³-hybridized carbons (Fsp3) is 0.529. The normalized spacial score (nSPS) is 17.0. The van der Waals surface area contributed by atoms with Gasteiger partial charge in [0.15, 0.2) is 11.5 Å². The molecule has 6 heteroatoms. The van der Waals surface area contributed by atoms with Crippen LogP contribution in [-0.4, -0.2) is 49.7 Å². The summed E-state index contributed by atoms with van der Waals surface area (Å²) in [5.41, 5.74) is 0. The summed E-state index contributed by atoms with van der Waals surface area (Å²) in [4.78, 5) is 25.4. The molecule has 1 aliphatic rings. The Hall–Kier alpha value is -2.24. The summed E-state index contributed by atoms with van der Waals surface area (Å²) in [5.74, 6) is 0.637. The first kappa shape index (κ1) is 17.1. The second-order valence-corrected chi connectivity index (χ2v) is 5.33. The van der Waals surface area contributed by atoms with Crippen LogP contribution in [0.1, 0.15) is 26.2 Å². The lowest BCUT2D eigenvalue weighted by Crippen LogP contribution is -2.40. The van der Waals surface area contributed by atoms with Gasteiger partial charge in [-0.3, -0.25) is 9.59 Å². The summed E-state index contributed by atoms with van der Waals surface area (Å²) < 4.78 is 15.9. The van der Waals surface area contributed by atoms with E-state index in [1.165, 1.54) is 0 Å². The first-order chi connectivity index (χ1) is 11.2. The first-order valence-electron chi connectivity index (χ1n) is 7.86. The molecule has 0 radical (unpaired) electrons. The van der Waals surface area contributed by atoms with Gasteiger partial charge in [0.05, 0.1) is 19.8 Å². The largest absolute Gasteiger partial charge is 0.493 e. The second-order valence-electron chi connectivity index (χ2n) is 5.33. The third kappa shape index (κ3) is 4.61. The summed E-state index contributed by atoms with van der Waals surface area (Å²) in [7, 11) is 1.59. The second kappa shape index (κ2) is 8.41. The number of carbonyl (C=O) groups is 2. The molecule has 1 atom stereocenters. The number of benzene rings is 1. The lowest BCUT2D eigenvalue weighted by Gasteiger charge is -2.24. The molecule has 0 N–H and O–H groups in total. The highest BCUT2D eigenvalue weighted by Gasteiger charge is 2.30. The number of hydrogen-bond donors (Lipinski definition) is 0. The van der Waals surface area contributed by atoms with Crippen LogP contribution < -0.4 is 9.47 Å². The molecule has 1 aromatic carbocycles. The molecule has 6 nitrogen and oxygen atoms in total. The number of carbonyl (C=O) groups excluding carboxylic acids is 2. The van der Waals surface area contributed by atoms with Crippen LogP contribution in [0, 0.1) is 0 Å². The molecule has 1 fully saturated rings. The van der Waals surface area contributed by atoms with Crippen LogP contribution in [0.3, 0.4) is 0 Å². The van der Waals surface area contributed by atoms with Gasteiger partial charge in [-0.05, 0) is 31.9 Å². The third-order valence-electron chi connectivity index (χ3n) is 3.80. The summed E-state index contributed by atoms with van der Waals surface area (Å²) >= 11 is 0. The minimum Gasteiger partial charge on any atom is -0.493 e. The van der Waals surface area contributed by atoms with Crippen molar-refractivity contribution in [3.05, 3.63) is 24.3 Å². The van der Waals surface area contributed by atoms with Crippen LogP contribution in [0.5, 0.6) is 11.5 Å². The number of nitrogens with zero attached hydrogens (tertiary/aromatic N) is 1. The maximum absolute atomic E-state index is 12.2. The van der Waals surface area contributed by atoms with Crippen molar-refractivity contribution in [2.45, 2.75) is 32.2 Å². The maximum atomic E-state index is 12.2. The Bertz CT molecular complexity index is 546. The van der Waals surface area contributed by atoms with Gasteiger partial charge in [-0.25, -0.2) is 0 Å². The zero-order valence-corrected chi connectivity index (χ0v) is 13.6. The molecule has 1 aromatic rings. The van der Waals surface area contributed by atoms with E-state index in [-0.39, 0.29) is 25.0 Å². The van der Waals surface area contributed by atoms with E-state index in [1.807, 2.05) is 24.3 Å². The monoisotopic (exact) mass is 321 g/mol. The van der Waals surface area contributed by atoms with Gasteiger partial charge in [0.1, 0.15) is 13.0 Å². The minimum absolute atomic E-state index is 0.0261. The van der Waals surface area contributed by atoms with E-state index in [4.69, 9.17) is 14.2 Å². The van der Waals surface area contributed by atoms with Crippen molar-refractivity contribution in [2.24, 2.45) is 0 Å². The topological polar surface area (TPSA) is 65.1 Å². The van der Waals surface area contributed by atoms with E-state index in [2.05, 4.69) is 0 Å². The van der Waals surface area contributed by atoms with E-state index in [0.29, 0.717) is 24.7 Å². The molecule has 1 aliphatic heterocycles. The standard InChI is InChI=1S/C17H23NO5/c1-3-22-17(20)11-16(19)18-10-6-7-13(18)12-23-15-9-5-4-8-14(15)21-2/h4-5,8-9,13H,3,6-7,10-12H2,1-2H3/t13-/m0/s1. The molecule has 0 unspecified atom stereocenters. The molecular formula is C17H23NO5. The van der Waals surface area contributed by atoms with Gasteiger partial charge in [0.2, 0.25) is 5.91 Å². The zero-order chi connectivity index (χ0) is 16.7. The molecule has 0 aromatic heterocycles. The fourth-order valence-electron chi connectivity index (χ4n) is 2.70. The lowest BCUT2D eigenvalue weighted by atomic mass is 10.2. The van der Waals surface area contributed by atoms with Crippen molar-refractivity contribution in [2.75, 3.05) is 26.9 Å².